The molecule has 1 aromatic carbocycles. The molecule has 5 fully saturated rings. The number of benzene rings is 1. The van der Waals surface area contributed by atoms with Crippen LogP contribution in [0.4, 0.5) is 4.79 Å². The van der Waals surface area contributed by atoms with Gasteiger partial charge in [-0.3, -0.25) is 0 Å². The topological polar surface area (TPSA) is 116 Å². The predicted molar refractivity (Wildman–Crippen MR) is 174 cm³/mol. The third-order valence-corrected chi connectivity index (χ3v) is 15.3. The molecule has 0 saturated heterocycles. The average Bonchev–Trinajstić information content (AvgIpc) is 3.64. The van der Waals surface area contributed by atoms with Crippen LogP contribution in [0.1, 0.15) is 128 Å². The van der Waals surface area contributed by atoms with Crippen molar-refractivity contribution in [1.82, 2.24) is 10.6 Å². The minimum atomic E-state index is -1.07. The predicted octanol–water partition coefficient (Wildman–Crippen LogP) is 7.90. The third kappa shape index (κ3) is 4.23. The quantitative estimate of drug-likeness (QED) is 0.268. The van der Waals surface area contributed by atoms with Crippen LogP contribution < -0.4 is 10.6 Å². The first-order valence-electron chi connectivity index (χ1n) is 17.5. The van der Waals surface area contributed by atoms with Crippen LogP contribution in [0, 0.1) is 45.3 Å². The summed E-state index contributed by atoms with van der Waals surface area (Å²) in [5, 5.41) is 25.3. The maximum Gasteiger partial charge on any atom is 0.335 e. The molecule has 0 spiro atoms. The molecule has 8 atom stereocenters. The van der Waals surface area contributed by atoms with E-state index in [1.807, 2.05) is 12.1 Å². The summed E-state index contributed by atoms with van der Waals surface area (Å²) in [5.74, 6) is 0.350. The van der Waals surface area contributed by atoms with Gasteiger partial charge in [-0.25, -0.2) is 14.4 Å². The zero-order valence-electron chi connectivity index (χ0n) is 27.8. The highest BCUT2D eigenvalue weighted by atomic mass is 16.4. The lowest BCUT2D eigenvalue weighted by atomic mass is 9.33. The molecule has 0 aromatic heterocycles. The van der Waals surface area contributed by atoms with E-state index in [1.165, 1.54) is 31.3 Å². The van der Waals surface area contributed by atoms with E-state index in [0.29, 0.717) is 42.1 Å². The number of rotatable bonds is 5. The lowest BCUT2D eigenvalue weighted by molar-refractivity contribution is -0.216. The number of carbonyl (C=O) groups is 3. The standard InChI is InChI=1S/C38H52N2O5/c1-33(2)25(23-8-10-24(11-9-23)30(41)42)14-17-34(3)28(33)15-18-36(5)29(34)13-12-26-27-7-6-16-37(27,20-19-35(26,36)4)39-32(45)40-38(21-22-38)31(43)44/h8-11,14,26-29H,6-7,12-13,15-22H2,1-5H3,(H,41,42)(H,43,44)(H2,39,40,45)/t26?,27?,28?,29?,34?,35-,36?,37+/m1/s1. The fourth-order valence-electron chi connectivity index (χ4n) is 12.7. The maximum absolute atomic E-state index is 13.3. The Kier molecular flexibility index (Phi) is 6.74. The van der Waals surface area contributed by atoms with Crippen molar-refractivity contribution in [2.75, 3.05) is 0 Å². The first kappa shape index (κ1) is 30.8. The van der Waals surface area contributed by atoms with Gasteiger partial charge >= 0.3 is 18.0 Å². The number of aliphatic carboxylic acids is 1. The molecule has 244 valence electrons. The van der Waals surface area contributed by atoms with Crippen molar-refractivity contribution in [2.24, 2.45) is 45.3 Å². The molecule has 45 heavy (non-hydrogen) atoms. The molecular weight excluding hydrogens is 564 g/mol. The fourth-order valence-corrected chi connectivity index (χ4v) is 12.7. The van der Waals surface area contributed by atoms with Gasteiger partial charge in [0.05, 0.1) is 5.56 Å². The smallest absolute Gasteiger partial charge is 0.335 e. The fraction of sp³-hybridized carbons (Fsp3) is 0.711. The number of hydrogen-bond acceptors (Lipinski definition) is 3. The average molecular weight is 617 g/mol. The molecule has 6 unspecified atom stereocenters. The molecule has 0 radical (unpaired) electrons. The van der Waals surface area contributed by atoms with E-state index in [-0.39, 0.29) is 33.2 Å². The molecule has 4 N–H and O–H groups in total. The summed E-state index contributed by atoms with van der Waals surface area (Å²) in [6, 6.07) is 7.18. The lowest BCUT2D eigenvalue weighted by Crippen LogP contribution is -2.68. The van der Waals surface area contributed by atoms with Crippen molar-refractivity contribution >= 4 is 23.5 Å². The normalized spacial score (nSPS) is 42.1. The molecule has 0 heterocycles. The molecule has 5 saturated carbocycles. The van der Waals surface area contributed by atoms with Gasteiger partial charge in [0.15, 0.2) is 0 Å². The van der Waals surface area contributed by atoms with Crippen LogP contribution in [0.5, 0.6) is 0 Å². The molecule has 0 aliphatic heterocycles. The Hall–Kier alpha value is -2.83. The molecule has 0 bridgehead atoms. The van der Waals surface area contributed by atoms with E-state index in [9.17, 15) is 24.6 Å². The Bertz CT molecular complexity index is 1460. The summed E-state index contributed by atoms with van der Waals surface area (Å²) in [4.78, 5) is 36.5. The second kappa shape index (κ2) is 9.84. The molecule has 7 heteroatoms. The van der Waals surface area contributed by atoms with Gasteiger partial charge < -0.3 is 20.8 Å². The molecule has 2 amide bonds. The molecule has 1 aromatic rings. The highest BCUT2D eigenvalue weighted by Crippen LogP contribution is 2.76. The van der Waals surface area contributed by atoms with Crippen molar-refractivity contribution in [1.29, 1.82) is 0 Å². The van der Waals surface area contributed by atoms with Gasteiger partial charge in [0.2, 0.25) is 0 Å². The van der Waals surface area contributed by atoms with Crippen LogP contribution in [-0.4, -0.2) is 39.3 Å². The Morgan fingerprint density at radius 1 is 0.733 bits per heavy atom. The van der Waals surface area contributed by atoms with E-state index in [0.717, 1.165) is 44.1 Å². The van der Waals surface area contributed by atoms with Gasteiger partial charge in [0.25, 0.3) is 0 Å². The number of urea groups is 1. The molecule has 7 nitrogen and oxygen atoms in total. The van der Waals surface area contributed by atoms with Crippen molar-refractivity contribution in [2.45, 2.75) is 123 Å². The monoisotopic (exact) mass is 616 g/mol. The highest BCUT2D eigenvalue weighted by molar-refractivity contribution is 5.89. The second-order valence-electron chi connectivity index (χ2n) is 17.2. The van der Waals surface area contributed by atoms with Gasteiger partial charge in [-0.05, 0) is 139 Å². The van der Waals surface area contributed by atoms with Crippen molar-refractivity contribution in [3.63, 3.8) is 0 Å². The van der Waals surface area contributed by atoms with Gasteiger partial charge in [0, 0.05) is 5.54 Å². The van der Waals surface area contributed by atoms with Gasteiger partial charge in [-0.2, -0.15) is 0 Å². The lowest BCUT2D eigenvalue weighted by Gasteiger charge is -2.72. The summed E-state index contributed by atoms with van der Waals surface area (Å²) >= 11 is 0. The number of amides is 2. The largest absolute Gasteiger partial charge is 0.480 e. The van der Waals surface area contributed by atoms with Crippen LogP contribution in [0.2, 0.25) is 0 Å². The Morgan fingerprint density at radius 3 is 2.09 bits per heavy atom. The zero-order chi connectivity index (χ0) is 32.2. The maximum atomic E-state index is 13.3. The van der Waals surface area contributed by atoms with E-state index < -0.39 is 17.5 Å². The van der Waals surface area contributed by atoms with Crippen LogP contribution in [-0.2, 0) is 4.79 Å². The van der Waals surface area contributed by atoms with Crippen LogP contribution in [0.3, 0.4) is 0 Å². The summed E-state index contributed by atoms with van der Waals surface area (Å²) in [7, 11) is 0. The Labute approximate surface area is 268 Å². The van der Waals surface area contributed by atoms with Gasteiger partial charge in [-0.15, -0.1) is 0 Å². The highest BCUT2D eigenvalue weighted by Gasteiger charge is 2.69. The van der Waals surface area contributed by atoms with Gasteiger partial charge in [-0.1, -0.05) is 59.2 Å². The summed E-state index contributed by atoms with van der Waals surface area (Å²) in [6.45, 7) is 12.6. The van der Waals surface area contributed by atoms with Crippen LogP contribution in [0.25, 0.3) is 5.57 Å². The first-order chi connectivity index (χ1) is 21.1. The molecule has 6 aliphatic rings. The number of aromatic carboxylic acids is 1. The van der Waals surface area contributed by atoms with E-state index in [4.69, 9.17) is 0 Å². The Morgan fingerprint density at radius 2 is 1.44 bits per heavy atom. The molecule has 6 aliphatic carbocycles. The SMILES string of the molecule is CC1(C)C(c2ccc(C(=O)O)cc2)=CCC2(C)C1CCC1(C)C2CCC2C3CCC[C@]3(NC(=O)NC3(C(=O)O)CC3)CC[C@]21C. The van der Waals surface area contributed by atoms with E-state index >= 15 is 0 Å². The van der Waals surface area contributed by atoms with Crippen molar-refractivity contribution in [3.05, 3.63) is 41.5 Å². The molecular formula is C38H52N2O5. The summed E-state index contributed by atoms with van der Waals surface area (Å²) < 4.78 is 0. The first-order valence-corrected chi connectivity index (χ1v) is 17.5. The van der Waals surface area contributed by atoms with Crippen molar-refractivity contribution in [3.8, 4) is 0 Å². The number of carboxylic acid groups (broad SMARTS) is 2. The van der Waals surface area contributed by atoms with E-state index in [1.54, 1.807) is 12.1 Å². The van der Waals surface area contributed by atoms with Crippen molar-refractivity contribution < 1.29 is 24.6 Å². The number of hydrogen-bond donors (Lipinski definition) is 4. The number of allylic oxidation sites excluding steroid dienone is 2. The minimum absolute atomic E-state index is 0.0177. The van der Waals surface area contributed by atoms with Gasteiger partial charge in [0.1, 0.15) is 5.54 Å². The van der Waals surface area contributed by atoms with E-state index in [2.05, 4.69) is 51.3 Å². The molecule has 7 rings (SSSR count). The second-order valence-corrected chi connectivity index (χ2v) is 17.2. The minimum Gasteiger partial charge on any atom is -0.480 e. The zero-order valence-corrected chi connectivity index (χ0v) is 27.8. The summed E-state index contributed by atoms with van der Waals surface area (Å²) in [6.07, 6.45) is 14.7. The Balaban J connectivity index is 1.15. The number of nitrogens with one attached hydrogen (secondary N) is 2. The summed E-state index contributed by atoms with van der Waals surface area (Å²) in [5.41, 5.74) is 2.12. The number of carboxylic acids is 2. The number of carbonyl (C=O) groups excluding carboxylic acids is 1. The van der Waals surface area contributed by atoms with Crippen LogP contribution in [0.15, 0.2) is 30.3 Å². The number of fused-ring (bicyclic) bond motifs is 7. The third-order valence-electron chi connectivity index (χ3n) is 15.3. The van der Waals surface area contributed by atoms with Crippen LogP contribution >= 0.6 is 0 Å².